The average Bonchev–Trinajstić information content (AvgIpc) is 2.81. The van der Waals surface area contributed by atoms with E-state index in [2.05, 4.69) is 14.7 Å². The van der Waals surface area contributed by atoms with E-state index in [1.807, 2.05) is 0 Å². The van der Waals surface area contributed by atoms with Gasteiger partial charge in [-0.25, -0.2) is 0 Å². The molecule has 0 atom stereocenters. The number of rotatable bonds is 5. The van der Waals surface area contributed by atoms with Gasteiger partial charge in [-0.1, -0.05) is 28.4 Å². The van der Waals surface area contributed by atoms with Crippen LogP contribution in [0.2, 0.25) is 10.0 Å². The second-order valence-electron chi connectivity index (χ2n) is 3.55. The summed E-state index contributed by atoms with van der Waals surface area (Å²) < 4.78 is 10.2. The van der Waals surface area contributed by atoms with Crippen LogP contribution < -0.4 is 10.5 Å². The zero-order valence-corrected chi connectivity index (χ0v) is 10.9. The van der Waals surface area contributed by atoms with E-state index in [1.165, 1.54) is 6.39 Å². The standard InChI is InChI=1S/C11H11Cl2N3O2/c12-8-3-7(1-2-14)11(9(13)4-8)17-5-10-15-6-18-16-10/h3-4,6H,1-2,5,14H2. The van der Waals surface area contributed by atoms with E-state index in [1.54, 1.807) is 12.1 Å². The number of halogens is 2. The summed E-state index contributed by atoms with van der Waals surface area (Å²) >= 11 is 12.0. The van der Waals surface area contributed by atoms with Gasteiger partial charge < -0.3 is 15.0 Å². The molecule has 1 aromatic carbocycles. The van der Waals surface area contributed by atoms with Crippen molar-refractivity contribution in [3.05, 3.63) is 40.0 Å². The van der Waals surface area contributed by atoms with Crippen molar-refractivity contribution < 1.29 is 9.26 Å². The third-order valence-corrected chi connectivity index (χ3v) is 2.75. The van der Waals surface area contributed by atoms with Gasteiger partial charge in [-0.3, -0.25) is 0 Å². The van der Waals surface area contributed by atoms with E-state index < -0.39 is 0 Å². The van der Waals surface area contributed by atoms with Gasteiger partial charge in [0.2, 0.25) is 12.2 Å². The van der Waals surface area contributed by atoms with Gasteiger partial charge in [0.25, 0.3) is 0 Å². The lowest BCUT2D eigenvalue weighted by atomic mass is 10.1. The van der Waals surface area contributed by atoms with Gasteiger partial charge in [0.1, 0.15) is 5.75 Å². The lowest BCUT2D eigenvalue weighted by Gasteiger charge is -2.12. The highest BCUT2D eigenvalue weighted by Gasteiger charge is 2.11. The van der Waals surface area contributed by atoms with E-state index in [0.717, 1.165) is 5.56 Å². The molecule has 0 amide bonds. The SMILES string of the molecule is NCCc1cc(Cl)cc(Cl)c1OCc1ncon1. The highest BCUT2D eigenvalue weighted by Crippen LogP contribution is 2.33. The van der Waals surface area contributed by atoms with Gasteiger partial charge in [0.05, 0.1) is 5.02 Å². The van der Waals surface area contributed by atoms with Crippen LogP contribution in [-0.4, -0.2) is 16.7 Å². The van der Waals surface area contributed by atoms with Crippen LogP contribution in [0.3, 0.4) is 0 Å². The first-order valence-corrected chi connectivity index (χ1v) is 6.02. The summed E-state index contributed by atoms with van der Waals surface area (Å²) in [7, 11) is 0. The topological polar surface area (TPSA) is 74.2 Å². The number of aromatic nitrogens is 2. The summed E-state index contributed by atoms with van der Waals surface area (Å²) in [5, 5.41) is 4.64. The van der Waals surface area contributed by atoms with Crippen molar-refractivity contribution in [2.75, 3.05) is 6.54 Å². The van der Waals surface area contributed by atoms with Crippen molar-refractivity contribution in [2.24, 2.45) is 5.73 Å². The molecule has 2 aromatic rings. The Bertz CT molecular complexity index is 517. The largest absolute Gasteiger partial charge is 0.484 e. The normalized spacial score (nSPS) is 10.6. The molecule has 0 aliphatic carbocycles. The van der Waals surface area contributed by atoms with E-state index in [-0.39, 0.29) is 6.61 Å². The van der Waals surface area contributed by atoms with Crippen LogP contribution in [0.25, 0.3) is 0 Å². The quantitative estimate of drug-likeness (QED) is 0.914. The van der Waals surface area contributed by atoms with Gasteiger partial charge in [-0.15, -0.1) is 0 Å². The minimum atomic E-state index is 0.176. The highest BCUT2D eigenvalue weighted by atomic mass is 35.5. The first-order valence-electron chi connectivity index (χ1n) is 5.26. The molecule has 0 radical (unpaired) electrons. The van der Waals surface area contributed by atoms with Crippen molar-refractivity contribution in [3.8, 4) is 5.75 Å². The zero-order chi connectivity index (χ0) is 13.0. The molecule has 5 nitrogen and oxygen atoms in total. The Morgan fingerprint density at radius 1 is 1.33 bits per heavy atom. The molecule has 0 saturated heterocycles. The lowest BCUT2D eigenvalue weighted by molar-refractivity contribution is 0.284. The fourth-order valence-corrected chi connectivity index (χ4v) is 2.10. The van der Waals surface area contributed by atoms with Gasteiger partial charge in [0, 0.05) is 5.02 Å². The van der Waals surface area contributed by atoms with Crippen molar-refractivity contribution in [1.82, 2.24) is 10.1 Å². The molecule has 0 aliphatic rings. The van der Waals surface area contributed by atoms with Crippen LogP contribution in [0.1, 0.15) is 11.4 Å². The molecule has 2 N–H and O–H groups in total. The number of nitrogens with zero attached hydrogens (tertiary/aromatic N) is 2. The van der Waals surface area contributed by atoms with Gasteiger partial charge in [0.15, 0.2) is 6.61 Å². The Hall–Kier alpha value is -1.30. The number of benzene rings is 1. The Morgan fingerprint density at radius 3 is 2.83 bits per heavy atom. The molecule has 0 saturated carbocycles. The summed E-state index contributed by atoms with van der Waals surface area (Å²) in [5.41, 5.74) is 6.40. The predicted octanol–water partition coefficient (Wildman–Crippen LogP) is 2.46. The van der Waals surface area contributed by atoms with Crippen LogP contribution in [0, 0.1) is 0 Å². The molecule has 0 aliphatic heterocycles. The molecule has 96 valence electrons. The molecule has 18 heavy (non-hydrogen) atoms. The lowest BCUT2D eigenvalue weighted by Crippen LogP contribution is -2.06. The first-order chi connectivity index (χ1) is 8.70. The molecular weight excluding hydrogens is 277 g/mol. The molecule has 0 fully saturated rings. The maximum atomic E-state index is 6.10. The van der Waals surface area contributed by atoms with Crippen molar-refractivity contribution in [3.63, 3.8) is 0 Å². The van der Waals surface area contributed by atoms with E-state index in [0.29, 0.717) is 34.6 Å². The molecule has 0 bridgehead atoms. The summed E-state index contributed by atoms with van der Waals surface area (Å²) in [6.07, 6.45) is 1.87. The molecule has 0 unspecified atom stereocenters. The van der Waals surface area contributed by atoms with Crippen LogP contribution in [0.5, 0.6) is 5.75 Å². The second-order valence-corrected chi connectivity index (χ2v) is 4.39. The Balaban J connectivity index is 2.19. The third-order valence-electron chi connectivity index (χ3n) is 2.25. The van der Waals surface area contributed by atoms with Gasteiger partial charge in [-0.2, -0.15) is 4.98 Å². The molecule has 2 rings (SSSR count). The van der Waals surface area contributed by atoms with Crippen LogP contribution in [-0.2, 0) is 13.0 Å². The Kier molecular flexibility index (Phi) is 4.41. The predicted molar refractivity (Wildman–Crippen MR) is 67.9 cm³/mol. The number of hydrogen-bond donors (Lipinski definition) is 1. The molecule has 7 heteroatoms. The number of ether oxygens (including phenoxy) is 1. The third kappa shape index (κ3) is 3.13. The van der Waals surface area contributed by atoms with E-state index in [9.17, 15) is 0 Å². The van der Waals surface area contributed by atoms with Crippen LogP contribution >= 0.6 is 23.2 Å². The van der Waals surface area contributed by atoms with Gasteiger partial charge >= 0.3 is 0 Å². The molecule has 1 heterocycles. The fraction of sp³-hybridized carbons (Fsp3) is 0.273. The van der Waals surface area contributed by atoms with Gasteiger partial charge in [-0.05, 0) is 30.7 Å². The smallest absolute Gasteiger partial charge is 0.213 e. The summed E-state index contributed by atoms with van der Waals surface area (Å²) in [5.74, 6) is 0.996. The number of hydrogen-bond acceptors (Lipinski definition) is 5. The molecule has 1 aromatic heterocycles. The summed E-state index contributed by atoms with van der Waals surface area (Å²) in [4.78, 5) is 3.86. The average molecular weight is 288 g/mol. The summed E-state index contributed by atoms with van der Waals surface area (Å²) in [6, 6.07) is 3.40. The monoisotopic (exact) mass is 287 g/mol. The molecule has 0 spiro atoms. The second kappa shape index (κ2) is 6.04. The number of nitrogens with two attached hydrogens (primary N) is 1. The zero-order valence-electron chi connectivity index (χ0n) is 9.40. The maximum absolute atomic E-state index is 6.10. The van der Waals surface area contributed by atoms with E-state index in [4.69, 9.17) is 33.7 Å². The Morgan fingerprint density at radius 2 is 2.17 bits per heavy atom. The Labute approximate surface area is 114 Å². The van der Waals surface area contributed by atoms with Crippen molar-refractivity contribution >= 4 is 23.2 Å². The van der Waals surface area contributed by atoms with Crippen molar-refractivity contribution in [1.29, 1.82) is 0 Å². The summed E-state index contributed by atoms with van der Waals surface area (Å²) in [6.45, 7) is 0.657. The first kappa shape index (κ1) is 13.1. The highest BCUT2D eigenvalue weighted by molar-refractivity contribution is 6.35. The molecular formula is C11H11Cl2N3O2. The van der Waals surface area contributed by atoms with E-state index >= 15 is 0 Å². The van der Waals surface area contributed by atoms with Crippen LogP contribution in [0.4, 0.5) is 0 Å². The van der Waals surface area contributed by atoms with Crippen molar-refractivity contribution in [2.45, 2.75) is 13.0 Å². The maximum Gasteiger partial charge on any atom is 0.213 e. The minimum absolute atomic E-state index is 0.176. The minimum Gasteiger partial charge on any atom is -0.484 e. The van der Waals surface area contributed by atoms with Crippen LogP contribution in [0.15, 0.2) is 23.0 Å². The fourth-order valence-electron chi connectivity index (χ4n) is 1.51.